The maximum absolute atomic E-state index is 13.3. The topological polar surface area (TPSA) is 208 Å². The first-order valence-corrected chi connectivity index (χ1v) is 22.1. The number of unbranched alkanes of at least 4 members (excludes halogenated alkanes) is 5. The molecule has 5 amide bonds. The first kappa shape index (κ1) is 43.9. The smallest absolute Gasteiger partial charge is 0.315 e. The lowest BCUT2D eigenvalue weighted by Crippen LogP contribution is -2.46. The number of nitrogens with zero attached hydrogens (tertiary/aromatic N) is 3. The van der Waals surface area contributed by atoms with Gasteiger partial charge < -0.3 is 31.7 Å². The molecular formula is C38H55BrClN9O6S. The quantitative estimate of drug-likeness (QED) is 0.0396. The van der Waals surface area contributed by atoms with Gasteiger partial charge in [-0.25, -0.2) is 15.2 Å². The molecule has 18 heteroatoms. The average molecular weight is 881 g/mol. The van der Waals surface area contributed by atoms with E-state index in [2.05, 4.69) is 58.0 Å². The van der Waals surface area contributed by atoms with Crippen molar-refractivity contribution >= 4 is 79.7 Å². The fourth-order valence-corrected chi connectivity index (χ4v) is 9.32. The molecule has 3 aliphatic heterocycles. The third kappa shape index (κ3) is 13.7. The van der Waals surface area contributed by atoms with Crippen LogP contribution in [0.5, 0.6) is 0 Å². The van der Waals surface area contributed by atoms with Gasteiger partial charge in [-0.3, -0.25) is 23.7 Å². The molecule has 0 aliphatic carbocycles. The van der Waals surface area contributed by atoms with Crippen LogP contribution in [0.1, 0.15) is 96.3 Å². The number of hydrogen-bond donors (Lipinski definition) is 7. The first-order valence-electron chi connectivity index (χ1n) is 19.9. The zero-order valence-electron chi connectivity index (χ0n) is 31.8. The van der Waals surface area contributed by atoms with Crippen LogP contribution in [-0.2, 0) is 20.9 Å². The molecule has 3 saturated heterocycles. The number of fused-ring (bicyclic) bond motifs is 2. The number of carbonyl (C=O) groups is 4. The number of halogens is 2. The fraction of sp³-hybridized carbons (Fsp3) is 0.658. The summed E-state index contributed by atoms with van der Waals surface area (Å²) < 4.78 is 2.07. The molecular weight excluding hydrogens is 826 g/mol. The maximum Gasteiger partial charge on any atom is 0.315 e. The third-order valence-corrected chi connectivity index (χ3v) is 13.2. The number of aliphatic hydroxyl groups excluding tert-OH is 1. The molecule has 1 aromatic carbocycles. The summed E-state index contributed by atoms with van der Waals surface area (Å²) in [6.45, 7) is 2.00. The lowest BCUT2D eigenvalue weighted by atomic mass is 9.96. The van der Waals surface area contributed by atoms with Gasteiger partial charge in [0, 0.05) is 60.3 Å². The number of amides is 5. The lowest BCUT2D eigenvalue weighted by molar-refractivity contribution is -0.122. The van der Waals surface area contributed by atoms with Crippen LogP contribution in [0, 0.1) is 0 Å². The number of urea groups is 1. The van der Waals surface area contributed by atoms with E-state index in [4.69, 9.17) is 11.6 Å². The minimum absolute atomic E-state index is 0.00241. The van der Waals surface area contributed by atoms with Gasteiger partial charge in [0.2, 0.25) is 17.7 Å². The van der Waals surface area contributed by atoms with E-state index in [-0.39, 0.29) is 60.4 Å². The highest BCUT2D eigenvalue weighted by atomic mass is 79.9. The van der Waals surface area contributed by atoms with Crippen molar-refractivity contribution in [2.75, 3.05) is 25.4 Å². The normalized spacial score (nSPS) is 22.0. The predicted molar refractivity (Wildman–Crippen MR) is 223 cm³/mol. The molecule has 0 saturated carbocycles. The van der Waals surface area contributed by atoms with E-state index >= 15 is 0 Å². The van der Waals surface area contributed by atoms with E-state index < -0.39 is 6.10 Å². The van der Waals surface area contributed by atoms with Crippen molar-refractivity contribution in [2.24, 2.45) is 5.10 Å². The molecule has 0 bridgehead atoms. The van der Waals surface area contributed by atoms with Crippen molar-refractivity contribution in [1.82, 2.24) is 41.6 Å². The molecule has 4 heterocycles. The van der Waals surface area contributed by atoms with Crippen molar-refractivity contribution < 1.29 is 24.3 Å². The van der Waals surface area contributed by atoms with E-state index in [1.54, 1.807) is 12.1 Å². The van der Waals surface area contributed by atoms with Crippen LogP contribution in [0.4, 0.5) is 4.79 Å². The summed E-state index contributed by atoms with van der Waals surface area (Å²) in [6, 6.07) is 3.37. The highest BCUT2D eigenvalue weighted by Gasteiger charge is 2.42. The largest absolute Gasteiger partial charge is 0.391 e. The van der Waals surface area contributed by atoms with Gasteiger partial charge in [-0.2, -0.15) is 16.9 Å². The van der Waals surface area contributed by atoms with Gasteiger partial charge in [-0.1, -0.05) is 30.9 Å². The van der Waals surface area contributed by atoms with Gasteiger partial charge in [0.25, 0.3) is 5.56 Å². The Labute approximate surface area is 345 Å². The van der Waals surface area contributed by atoms with Gasteiger partial charge in [-0.15, -0.1) is 0 Å². The van der Waals surface area contributed by atoms with Gasteiger partial charge in [0.15, 0.2) is 0 Å². The van der Waals surface area contributed by atoms with Crippen LogP contribution in [0.25, 0.3) is 10.9 Å². The summed E-state index contributed by atoms with van der Waals surface area (Å²) in [5.41, 5.74) is 3.37. The molecule has 308 valence electrons. The molecule has 5 atom stereocenters. The molecule has 15 nitrogen and oxygen atoms in total. The molecule has 0 radical (unpaired) electrons. The van der Waals surface area contributed by atoms with Gasteiger partial charge >= 0.3 is 6.03 Å². The summed E-state index contributed by atoms with van der Waals surface area (Å²) in [5.74, 6) is 0.756. The average Bonchev–Trinajstić information content (AvgIpc) is 3.73. The molecule has 3 fully saturated rings. The molecule has 5 unspecified atom stereocenters. The number of benzene rings is 1. The summed E-state index contributed by atoms with van der Waals surface area (Å²) >= 11 is 11.5. The predicted octanol–water partition coefficient (Wildman–Crippen LogP) is 3.87. The molecule has 7 N–H and O–H groups in total. The molecule has 3 aliphatic rings. The van der Waals surface area contributed by atoms with Crippen LogP contribution in [0.2, 0.25) is 5.02 Å². The van der Waals surface area contributed by atoms with E-state index in [9.17, 15) is 29.1 Å². The number of hydrazone groups is 1. The van der Waals surface area contributed by atoms with Gasteiger partial charge in [-0.05, 0) is 86.0 Å². The van der Waals surface area contributed by atoms with Crippen molar-refractivity contribution in [2.45, 2.75) is 132 Å². The number of piperidine rings is 1. The number of carbonyl (C=O) groups excluding carboxylic acids is 4. The van der Waals surface area contributed by atoms with Crippen molar-refractivity contribution in [3.05, 3.63) is 38.3 Å². The number of aliphatic hydroxyl groups is 1. The van der Waals surface area contributed by atoms with E-state index in [1.807, 2.05) is 11.8 Å². The minimum atomic E-state index is -0.563. The van der Waals surface area contributed by atoms with Crippen LogP contribution in [0.15, 0.2) is 32.8 Å². The van der Waals surface area contributed by atoms with E-state index in [1.165, 1.54) is 10.9 Å². The molecule has 2 aromatic rings. The summed E-state index contributed by atoms with van der Waals surface area (Å²) in [4.78, 5) is 66.4. The SMILES string of the molecule is O=C(CCCCCNC(=O)CCCCC1SCC2NC(=O)NC21)NCCCCCC(=O)N/N=C(/CC1NCCCC1O)Cn1cnc2cc(Br)c(Cl)cc2c1=O. The Balaban J connectivity index is 0.905. The van der Waals surface area contributed by atoms with Gasteiger partial charge in [0.1, 0.15) is 0 Å². The molecule has 1 aromatic heterocycles. The number of hydrogen-bond acceptors (Lipinski definition) is 10. The zero-order chi connectivity index (χ0) is 39.9. The number of nitrogens with one attached hydrogen (secondary N) is 6. The van der Waals surface area contributed by atoms with Crippen molar-refractivity contribution in [3.63, 3.8) is 0 Å². The molecule has 56 heavy (non-hydrogen) atoms. The molecule has 0 spiro atoms. The van der Waals surface area contributed by atoms with E-state index in [0.29, 0.717) is 76.6 Å². The second kappa shape index (κ2) is 22.6. The van der Waals surface area contributed by atoms with Gasteiger partial charge in [0.05, 0.1) is 52.7 Å². The summed E-state index contributed by atoms with van der Waals surface area (Å²) in [7, 11) is 0. The number of thioether (sulfide) groups is 1. The first-order chi connectivity index (χ1) is 27.1. The third-order valence-electron chi connectivity index (χ3n) is 10.4. The Morgan fingerprint density at radius 3 is 2.38 bits per heavy atom. The number of aromatic nitrogens is 2. The van der Waals surface area contributed by atoms with Crippen molar-refractivity contribution in [1.29, 1.82) is 0 Å². The van der Waals surface area contributed by atoms with Crippen LogP contribution in [0.3, 0.4) is 0 Å². The van der Waals surface area contributed by atoms with E-state index in [0.717, 1.165) is 70.1 Å². The monoisotopic (exact) mass is 879 g/mol. The van der Waals surface area contributed by atoms with Crippen molar-refractivity contribution in [3.8, 4) is 0 Å². The fourth-order valence-electron chi connectivity index (χ4n) is 7.28. The second-order valence-electron chi connectivity index (χ2n) is 14.8. The lowest BCUT2D eigenvalue weighted by Gasteiger charge is -2.29. The Morgan fingerprint density at radius 1 is 0.964 bits per heavy atom. The summed E-state index contributed by atoms with van der Waals surface area (Å²) in [5, 5.41) is 31.3. The minimum Gasteiger partial charge on any atom is -0.391 e. The highest BCUT2D eigenvalue weighted by molar-refractivity contribution is 9.10. The Bertz CT molecular complexity index is 1770. The maximum atomic E-state index is 13.3. The summed E-state index contributed by atoms with van der Waals surface area (Å²) in [6.07, 6.45) is 11.3. The zero-order valence-corrected chi connectivity index (χ0v) is 34.9. The standard InChI is InChI=1S/C38H55BrClN9O6S/c39-26-20-28-25(19-27(26)40)37(54)49(23-44-28)21-24(18-29-31(50)10-9-17-41-29)47-48-35(53)14-4-2-8-16-42-33(51)12-3-1-7-15-43-34(52)13-6-5-11-32-36-30(22-56-32)45-38(55)46-36/h19-20,23,29-32,36,41,50H,1-18,21-22H2,(H,42,51)(H,43,52)(H,48,53)(H2,45,46,55)/b47-24-. The van der Waals surface area contributed by atoms with Crippen LogP contribution in [-0.4, -0.2) is 99.0 Å². The van der Waals surface area contributed by atoms with Crippen LogP contribution >= 0.6 is 39.3 Å². The molecule has 5 rings (SSSR count). The number of rotatable bonds is 22. The Hall–Kier alpha value is -3.25. The highest BCUT2D eigenvalue weighted by Crippen LogP contribution is 2.33. The Kier molecular flexibility index (Phi) is 17.7. The second-order valence-corrected chi connectivity index (χ2v) is 17.4. The van der Waals surface area contributed by atoms with Crippen LogP contribution < -0.4 is 37.6 Å². The Morgan fingerprint density at radius 2 is 1.66 bits per heavy atom.